The van der Waals surface area contributed by atoms with E-state index in [0.29, 0.717) is 11.6 Å². The van der Waals surface area contributed by atoms with Crippen molar-refractivity contribution in [2.45, 2.75) is 18.9 Å². The molecule has 0 atom stereocenters. The molecular formula is C10H17N3O2S2. The Kier molecular flexibility index (Phi) is 4.76. The summed E-state index contributed by atoms with van der Waals surface area (Å²) in [5.41, 5.74) is 0.955. The quantitative estimate of drug-likeness (QED) is 0.644. The molecule has 0 aliphatic rings. The van der Waals surface area contributed by atoms with Crippen molar-refractivity contribution >= 4 is 27.4 Å². The Morgan fingerprint density at radius 1 is 1.29 bits per heavy atom. The highest BCUT2D eigenvalue weighted by atomic mass is 32.2. The Bertz CT molecular complexity index is 501. The maximum Gasteiger partial charge on any atom is 0.148 e. The van der Waals surface area contributed by atoms with Crippen LogP contribution in [0.15, 0.2) is 5.03 Å². The van der Waals surface area contributed by atoms with Crippen LogP contribution in [0, 0.1) is 13.8 Å². The van der Waals surface area contributed by atoms with Crippen molar-refractivity contribution < 1.29 is 8.42 Å². The lowest BCUT2D eigenvalue weighted by molar-refractivity contribution is 0.603. The maximum absolute atomic E-state index is 11.0. The first-order chi connectivity index (χ1) is 7.83. The molecule has 0 fully saturated rings. The highest BCUT2D eigenvalue weighted by Crippen LogP contribution is 2.24. The summed E-state index contributed by atoms with van der Waals surface area (Å²) in [5, 5.41) is 3.84. The molecular weight excluding hydrogens is 258 g/mol. The van der Waals surface area contributed by atoms with E-state index >= 15 is 0 Å². The third-order valence-electron chi connectivity index (χ3n) is 2.14. The van der Waals surface area contributed by atoms with Gasteiger partial charge in [-0.05, 0) is 13.8 Å². The predicted molar refractivity (Wildman–Crippen MR) is 71.5 cm³/mol. The SMILES string of the molecule is CNc1nc(C)nc(SCCS(C)(=O)=O)c1C. The van der Waals surface area contributed by atoms with Crippen LogP contribution in [0.1, 0.15) is 11.4 Å². The normalized spacial score (nSPS) is 11.5. The van der Waals surface area contributed by atoms with Crippen molar-refractivity contribution in [3.8, 4) is 0 Å². The van der Waals surface area contributed by atoms with Crippen LogP contribution < -0.4 is 5.32 Å². The van der Waals surface area contributed by atoms with E-state index in [1.54, 1.807) is 7.05 Å². The van der Waals surface area contributed by atoms with Gasteiger partial charge in [0.2, 0.25) is 0 Å². The van der Waals surface area contributed by atoms with E-state index in [2.05, 4.69) is 15.3 Å². The molecule has 0 saturated heterocycles. The first-order valence-electron chi connectivity index (χ1n) is 5.17. The van der Waals surface area contributed by atoms with E-state index in [4.69, 9.17) is 0 Å². The molecule has 0 spiro atoms. The first-order valence-corrected chi connectivity index (χ1v) is 8.21. The zero-order valence-electron chi connectivity index (χ0n) is 10.4. The lowest BCUT2D eigenvalue weighted by Crippen LogP contribution is -2.07. The average molecular weight is 275 g/mol. The van der Waals surface area contributed by atoms with Crippen molar-refractivity contribution in [1.29, 1.82) is 0 Å². The molecule has 0 radical (unpaired) electrons. The van der Waals surface area contributed by atoms with E-state index in [9.17, 15) is 8.42 Å². The minimum Gasteiger partial charge on any atom is -0.373 e. The van der Waals surface area contributed by atoms with Gasteiger partial charge in [0, 0.05) is 24.6 Å². The number of aryl methyl sites for hydroxylation is 1. The molecule has 1 aromatic rings. The van der Waals surface area contributed by atoms with Gasteiger partial charge in [-0.25, -0.2) is 18.4 Å². The summed E-state index contributed by atoms with van der Waals surface area (Å²) in [7, 11) is -1.11. The van der Waals surface area contributed by atoms with Crippen LogP contribution in [0.4, 0.5) is 5.82 Å². The molecule has 0 amide bonds. The van der Waals surface area contributed by atoms with Gasteiger partial charge < -0.3 is 5.32 Å². The Morgan fingerprint density at radius 3 is 2.47 bits per heavy atom. The summed E-state index contributed by atoms with van der Waals surface area (Å²) in [5.74, 6) is 2.15. The summed E-state index contributed by atoms with van der Waals surface area (Å²) in [6.45, 7) is 3.74. The highest BCUT2D eigenvalue weighted by molar-refractivity contribution is 8.00. The average Bonchev–Trinajstić information content (AvgIpc) is 2.20. The first kappa shape index (κ1) is 14.2. The van der Waals surface area contributed by atoms with E-state index in [-0.39, 0.29) is 5.75 Å². The molecule has 1 N–H and O–H groups in total. The molecule has 1 rings (SSSR count). The van der Waals surface area contributed by atoms with Crippen molar-refractivity contribution in [3.05, 3.63) is 11.4 Å². The molecule has 0 aliphatic heterocycles. The smallest absolute Gasteiger partial charge is 0.148 e. The predicted octanol–water partition coefficient (Wildman–Crippen LogP) is 1.27. The Labute approximate surface area is 106 Å². The summed E-state index contributed by atoms with van der Waals surface area (Å²) < 4.78 is 22.1. The van der Waals surface area contributed by atoms with E-state index in [1.807, 2.05) is 13.8 Å². The molecule has 96 valence electrons. The molecule has 0 saturated carbocycles. The molecule has 5 nitrogen and oxygen atoms in total. The van der Waals surface area contributed by atoms with Gasteiger partial charge in [-0.15, -0.1) is 11.8 Å². The second kappa shape index (κ2) is 5.68. The number of rotatable bonds is 5. The minimum atomic E-state index is -2.91. The third kappa shape index (κ3) is 4.51. The fourth-order valence-corrected chi connectivity index (χ4v) is 3.52. The number of anilines is 1. The standard InChI is InChI=1S/C10H17N3O2S2/c1-7-9(11-3)12-8(2)13-10(7)16-5-6-17(4,14)15/h5-6H2,1-4H3,(H,11,12,13). The lowest BCUT2D eigenvalue weighted by atomic mass is 10.3. The van der Waals surface area contributed by atoms with Gasteiger partial charge in [0.1, 0.15) is 26.5 Å². The summed E-state index contributed by atoms with van der Waals surface area (Å²) in [6, 6.07) is 0. The van der Waals surface area contributed by atoms with Gasteiger partial charge >= 0.3 is 0 Å². The van der Waals surface area contributed by atoms with Crippen molar-refractivity contribution in [2.24, 2.45) is 0 Å². The van der Waals surface area contributed by atoms with Crippen LogP contribution in [0.3, 0.4) is 0 Å². The second-order valence-corrected chi connectivity index (χ2v) is 7.12. The molecule has 0 bridgehead atoms. The summed E-state index contributed by atoms with van der Waals surface area (Å²) in [4.78, 5) is 8.57. The number of nitrogens with zero attached hydrogens (tertiary/aromatic N) is 2. The molecule has 1 aromatic heterocycles. The van der Waals surface area contributed by atoms with Gasteiger partial charge in [-0.1, -0.05) is 0 Å². The Balaban J connectivity index is 2.81. The molecule has 0 aromatic carbocycles. The lowest BCUT2D eigenvalue weighted by Gasteiger charge is -2.09. The van der Waals surface area contributed by atoms with Crippen molar-refractivity contribution in [1.82, 2.24) is 9.97 Å². The van der Waals surface area contributed by atoms with Crippen LogP contribution in [-0.2, 0) is 9.84 Å². The van der Waals surface area contributed by atoms with Crippen LogP contribution in [0.2, 0.25) is 0 Å². The van der Waals surface area contributed by atoms with Gasteiger partial charge in [0.25, 0.3) is 0 Å². The molecule has 7 heteroatoms. The van der Waals surface area contributed by atoms with Crippen LogP contribution in [0.5, 0.6) is 0 Å². The maximum atomic E-state index is 11.0. The summed E-state index contributed by atoms with van der Waals surface area (Å²) >= 11 is 1.45. The van der Waals surface area contributed by atoms with E-state index in [1.165, 1.54) is 18.0 Å². The zero-order chi connectivity index (χ0) is 13.1. The van der Waals surface area contributed by atoms with E-state index < -0.39 is 9.84 Å². The fourth-order valence-electron chi connectivity index (χ4n) is 1.28. The molecule has 0 aliphatic carbocycles. The van der Waals surface area contributed by atoms with Crippen LogP contribution >= 0.6 is 11.8 Å². The fraction of sp³-hybridized carbons (Fsp3) is 0.600. The second-order valence-electron chi connectivity index (χ2n) is 3.78. The van der Waals surface area contributed by atoms with Gasteiger partial charge in [-0.3, -0.25) is 0 Å². The van der Waals surface area contributed by atoms with Crippen molar-refractivity contribution in [3.63, 3.8) is 0 Å². The van der Waals surface area contributed by atoms with Gasteiger partial charge in [0.05, 0.1) is 5.75 Å². The van der Waals surface area contributed by atoms with Gasteiger partial charge in [0.15, 0.2) is 0 Å². The minimum absolute atomic E-state index is 0.162. The zero-order valence-corrected chi connectivity index (χ0v) is 12.1. The van der Waals surface area contributed by atoms with Crippen molar-refractivity contribution in [2.75, 3.05) is 30.1 Å². The van der Waals surface area contributed by atoms with Crippen LogP contribution in [-0.4, -0.2) is 43.2 Å². The Morgan fingerprint density at radius 2 is 1.94 bits per heavy atom. The third-order valence-corrected chi connectivity index (χ3v) is 4.43. The number of hydrogen-bond donors (Lipinski definition) is 1. The van der Waals surface area contributed by atoms with Gasteiger partial charge in [-0.2, -0.15) is 0 Å². The molecule has 0 unspecified atom stereocenters. The topological polar surface area (TPSA) is 72.0 Å². The highest BCUT2D eigenvalue weighted by Gasteiger charge is 2.10. The molecule has 17 heavy (non-hydrogen) atoms. The van der Waals surface area contributed by atoms with E-state index in [0.717, 1.165) is 16.4 Å². The number of aromatic nitrogens is 2. The van der Waals surface area contributed by atoms with Crippen LogP contribution in [0.25, 0.3) is 0 Å². The summed E-state index contributed by atoms with van der Waals surface area (Å²) in [6.07, 6.45) is 1.24. The number of thioether (sulfide) groups is 1. The largest absolute Gasteiger partial charge is 0.373 e. The molecule has 1 heterocycles. The number of sulfone groups is 1. The number of hydrogen-bond acceptors (Lipinski definition) is 6. The Hall–Kier alpha value is -0.820. The number of nitrogens with one attached hydrogen (secondary N) is 1. The monoisotopic (exact) mass is 275 g/mol.